The van der Waals surface area contributed by atoms with Gasteiger partial charge in [0.25, 0.3) is 5.91 Å². The largest absolute Gasteiger partial charge is 0.417 e. The highest BCUT2D eigenvalue weighted by Gasteiger charge is 2.32. The van der Waals surface area contributed by atoms with Crippen molar-refractivity contribution in [3.8, 4) is 11.1 Å². The molecule has 0 spiro atoms. The molecular formula is C30H28F4N4O. The van der Waals surface area contributed by atoms with E-state index in [1.807, 2.05) is 53.8 Å². The maximum absolute atomic E-state index is 14.0. The highest BCUT2D eigenvalue weighted by Crippen LogP contribution is 2.32. The van der Waals surface area contributed by atoms with E-state index in [0.29, 0.717) is 44.2 Å². The molecule has 9 heteroatoms. The molecule has 0 aliphatic carbocycles. The molecule has 4 aromatic rings. The first-order valence-corrected chi connectivity index (χ1v) is 12.7. The number of anilines is 1. The van der Waals surface area contributed by atoms with Crippen molar-refractivity contribution in [2.45, 2.75) is 26.6 Å². The second-order valence-corrected chi connectivity index (χ2v) is 9.84. The lowest BCUT2D eigenvalue weighted by molar-refractivity contribution is -0.137. The Labute approximate surface area is 224 Å². The smallest absolute Gasteiger partial charge is 0.353 e. The normalized spacial score (nSPS) is 14.1. The van der Waals surface area contributed by atoms with E-state index in [0.717, 1.165) is 40.1 Å². The summed E-state index contributed by atoms with van der Waals surface area (Å²) in [5.74, 6) is 0.00581. The van der Waals surface area contributed by atoms with Crippen LogP contribution < -0.4 is 4.90 Å². The van der Waals surface area contributed by atoms with Crippen LogP contribution in [-0.4, -0.2) is 46.5 Å². The van der Waals surface area contributed by atoms with E-state index in [9.17, 15) is 22.4 Å². The van der Waals surface area contributed by atoms with Gasteiger partial charge in [0.05, 0.1) is 5.56 Å². The van der Waals surface area contributed by atoms with Gasteiger partial charge in [-0.05, 0) is 54.8 Å². The number of aryl methyl sites for hydroxylation is 2. The molecule has 1 aliphatic rings. The van der Waals surface area contributed by atoms with Crippen molar-refractivity contribution in [2.75, 3.05) is 31.1 Å². The van der Waals surface area contributed by atoms with E-state index in [1.54, 1.807) is 17.0 Å². The molecule has 0 atom stereocenters. The molecule has 0 unspecified atom stereocenters. The number of carbonyl (C=O) groups is 1. The number of rotatable bonds is 5. The van der Waals surface area contributed by atoms with E-state index >= 15 is 0 Å². The van der Waals surface area contributed by atoms with E-state index in [-0.39, 0.29) is 11.7 Å². The van der Waals surface area contributed by atoms with Crippen molar-refractivity contribution in [3.05, 3.63) is 107 Å². The zero-order valence-electron chi connectivity index (χ0n) is 21.7. The van der Waals surface area contributed by atoms with Gasteiger partial charge in [0.15, 0.2) is 0 Å². The number of halogens is 4. The first-order valence-electron chi connectivity index (χ1n) is 12.7. The highest BCUT2D eigenvalue weighted by molar-refractivity contribution is 6.00. The van der Waals surface area contributed by atoms with Crippen molar-refractivity contribution in [3.63, 3.8) is 0 Å². The molecule has 2 aromatic carbocycles. The summed E-state index contributed by atoms with van der Waals surface area (Å²) in [7, 11) is 0. The van der Waals surface area contributed by atoms with Crippen LogP contribution in [0.1, 0.15) is 32.7 Å². The first kappa shape index (κ1) is 26.5. The average Bonchev–Trinajstić information content (AvgIpc) is 3.25. The molecule has 39 heavy (non-hydrogen) atoms. The van der Waals surface area contributed by atoms with Gasteiger partial charge >= 0.3 is 6.18 Å². The van der Waals surface area contributed by atoms with Crippen molar-refractivity contribution in [1.29, 1.82) is 0 Å². The Hall–Kier alpha value is -4.14. The lowest BCUT2D eigenvalue weighted by atomic mass is 10.00. The van der Waals surface area contributed by atoms with Gasteiger partial charge in [0, 0.05) is 50.7 Å². The van der Waals surface area contributed by atoms with Gasteiger partial charge in [-0.25, -0.2) is 9.37 Å². The Morgan fingerprint density at radius 3 is 2.15 bits per heavy atom. The lowest BCUT2D eigenvalue weighted by Gasteiger charge is -2.35. The third-order valence-electron chi connectivity index (χ3n) is 7.04. The van der Waals surface area contributed by atoms with Crippen LogP contribution in [0.4, 0.5) is 23.4 Å². The second kappa shape index (κ2) is 10.6. The van der Waals surface area contributed by atoms with Crippen LogP contribution in [0.3, 0.4) is 0 Å². The molecule has 1 aliphatic heterocycles. The number of carbonyl (C=O) groups excluding carboxylic acids is 1. The monoisotopic (exact) mass is 536 g/mol. The number of amides is 1. The molecule has 0 saturated carbocycles. The molecule has 0 radical (unpaired) electrons. The summed E-state index contributed by atoms with van der Waals surface area (Å²) in [6.07, 6.45) is -1.65. The van der Waals surface area contributed by atoms with Gasteiger partial charge in [0.1, 0.15) is 17.3 Å². The molecule has 1 fully saturated rings. The van der Waals surface area contributed by atoms with Gasteiger partial charge in [0.2, 0.25) is 0 Å². The Kier molecular flexibility index (Phi) is 7.16. The molecule has 1 amide bonds. The second-order valence-electron chi connectivity index (χ2n) is 9.84. The average molecular weight is 537 g/mol. The number of pyridine rings is 1. The Morgan fingerprint density at radius 2 is 1.56 bits per heavy atom. The third kappa shape index (κ3) is 5.67. The summed E-state index contributed by atoms with van der Waals surface area (Å²) < 4.78 is 54.2. The lowest BCUT2D eigenvalue weighted by Crippen LogP contribution is -2.49. The fourth-order valence-corrected chi connectivity index (χ4v) is 4.95. The van der Waals surface area contributed by atoms with Crippen LogP contribution in [0.5, 0.6) is 0 Å². The van der Waals surface area contributed by atoms with Crippen LogP contribution in [0, 0.1) is 19.7 Å². The quantitative estimate of drug-likeness (QED) is 0.280. The summed E-state index contributed by atoms with van der Waals surface area (Å²) in [5, 5.41) is 0. The topological polar surface area (TPSA) is 41.4 Å². The van der Waals surface area contributed by atoms with Crippen molar-refractivity contribution in [2.24, 2.45) is 0 Å². The highest BCUT2D eigenvalue weighted by atomic mass is 19.4. The van der Waals surface area contributed by atoms with E-state index in [1.165, 1.54) is 18.2 Å². The molecular weight excluding hydrogens is 508 g/mol. The van der Waals surface area contributed by atoms with Crippen molar-refractivity contribution < 1.29 is 22.4 Å². The number of aromatic nitrogens is 2. The van der Waals surface area contributed by atoms with Crippen LogP contribution in [0.2, 0.25) is 0 Å². The maximum Gasteiger partial charge on any atom is 0.417 e. The predicted molar refractivity (Wildman–Crippen MR) is 142 cm³/mol. The summed E-state index contributed by atoms with van der Waals surface area (Å²) in [6.45, 7) is 6.08. The van der Waals surface area contributed by atoms with E-state index < -0.39 is 11.7 Å². The molecule has 0 bridgehead atoms. The molecule has 5 rings (SSSR count). The molecule has 1 saturated heterocycles. The zero-order chi connectivity index (χ0) is 27.7. The molecule has 3 heterocycles. The first-order chi connectivity index (χ1) is 18.6. The third-order valence-corrected chi connectivity index (χ3v) is 7.04. The van der Waals surface area contributed by atoms with Gasteiger partial charge in [-0.3, -0.25) is 4.79 Å². The molecule has 5 nitrogen and oxygen atoms in total. The summed E-state index contributed by atoms with van der Waals surface area (Å²) in [5.41, 5.74) is 4.50. The fourth-order valence-electron chi connectivity index (χ4n) is 4.95. The Morgan fingerprint density at radius 1 is 0.897 bits per heavy atom. The number of benzene rings is 2. The SMILES string of the molecule is Cc1ccc(-c2c(C)cn(Cc3ccc(F)cc3)c2C(=O)N2CCN(c3ccc(C(F)(F)F)cn3)CC2)cc1. The minimum atomic E-state index is -4.44. The molecule has 2 aromatic heterocycles. The zero-order valence-corrected chi connectivity index (χ0v) is 21.7. The van der Waals surface area contributed by atoms with Gasteiger partial charge < -0.3 is 14.4 Å². The van der Waals surface area contributed by atoms with Gasteiger partial charge in [-0.2, -0.15) is 13.2 Å². The number of hydrogen-bond donors (Lipinski definition) is 0. The molecule has 0 N–H and O–H groups in total. The fraction of sp³-hybridized carbons (Fsp3) is 0.267. The van der Waals surface area contributed by atoms with Gasteiger partial charge in [-0.1, -0.05) is 42.0 Å². The minimum absolute atomic E-state index is 0.124. The summed E-state index contributed by atoms with van der Waals surface area (Å²) in [4.78, 5) is 21.7. The Balaban J connectivity index is 1.41. The van der Waals surface area contributed by atoms with Crippen LogP contribution in [0.25, 0.3) is 11.1 Å². The van der Waals surface area contributed by atoms with Crippen molar-refractivity contribution >= 4 is 11.7 Å². The summed E-state index contributed by atoms with van der Waals surface area (Å²) >= 11 is 0. The number of nitrogens with zero attached hydrogens (tertiary/aromatic N) is 4. The van der Waals surface area contributed by atoms with Crippen molar-refractivity contribution in [1.82, 2.24) is 14.5 Å². The molecule has 202 valence electrons. The minimum Gasteiger partial charge on any atom is -0.353 e. The summed E-state index contributed by atoms with van der Waals surface area (Å²) in [6, 6.07) is 16.7. The number of piperazine rings is 1. The maximum atomic E-state index is 14.0. The Bertz CT molecular complexity index is 1450. The standard InChI is InChI=1S/C30H28F4N4O/c1-20-3-7-23(8-4-20)27-21(2)18-38(19-22-5-10-25(31)11-6-22)28(27)29(39)37-15-13-36(14-16-37)26-12-9-24(17-35-26)30(32,33)34/h3-12,17-18H,13-16,19H2,1-2H3. The van der Waals surface area contributed by atoms with Crippen LogP contribution in [0.15, 0.2) is 73.1 Å². The van der Waals surface area contributed by atoms with E-state index in [4.69, 9.17) is 0 Å². The predicted octanol–water partition coefficient (Wildman–Crippen LogP) is 6.34. The van der Waals surface area contributed by atoms with Gasteiger partial charge in [-0.15, -0.1) is 0 Å². The number of alkyl halides is 3. The van der Waals surface area contributed by atoms with Crippen LogP contribution >= 0.6 is 0 Å². The van der Waals surface area contributed by atoms with Crippen LogP contribution in [-0.2, 0) is 12.7 Å². The van der Waals surface area contributed by atoms with E-state index in [2.05, 4.69) is 4.98 Å². The number of hydrogen-bond acceptors (Lipinski definition) is 3.